The Morgan fingerprint density at radius 1 is 0.870 bits per heavy atom. The van der Waals surface area contributed by atoms with Crippen molar-refractivity contribution in [2.45, 2.75) is 121 Å². The van der Waals surface area contributed by atoms with Gasteiger partial charge in [-0.3, -0.25) is 14.5 Å². The molecule has 4 aromatic rings. The standard InChI is InChI=1S/C25H27N5O2S.C22H26N2O3S.C5H7N3/c1-4-16-13-24(9-8-20(16)32-3)14-17-6-7-18(26-2)12-19(17)25(24)22(31)30(23(33)29-25)15-21-27-10-5-11-28-21;1-5-15-12-21(10-9-19(15)26-4)13-16-7-8-17(24-3)11-18(16)22(21,28-14-23)20(25)27-6-2;6-4-5-7-2-1-3-8-5/h5-7,10-12,16,20H,4,8-9,13-15H2,1,3H3,(H,29,33);7-8,11,15,19H,5-6,9-10,12-13H2,1-2,4H3;1-3H,4,6H2/t16-,20-,24-,25-;15-,19-,21-,22-;/m11./s1. The summed E-state index contributed by atoms with van der Waals surface area (Å²) in [5, 5.41) is 15.8. The number of ether oxygens (including phenoxy) is 3. The quantitative estimate of drug-likeness (QED) is 0.0664. The molecule has 1 amide bonds. The van der Waals surface area contributed by atoms with E-state index in [0.29, 0.717) is 46.5 Å². The zero-order valence-corrected chi connectivity index (χ0v) is 41.6. The molecule has 1 aliphatic heterocycles. The number of carbonyl (C=O) groups excluding carboxylic acids is 2. The van der Waals surface area contributed by atoms with Crippen molar-refractivity contribution in [2.75, 3.05) is 20.8 Å². The number of carbonyl (C=O) groups is 2. The molecule has 2 aromatic heterocycles. The van der Waals surface area contributed by atoms with Gasteiger partial charge in [0.1, 0.15) is 22.6 Å². The molecule has 0 radical (unpaired) electrons. The average Bonchev–Trinajstić information content (AvgIpc) is 3.91. The number of rotatable bonds is 10. The second kappa shape index (κ2) is 21.8. The van der Waals surface area contributed by atoms with Crippen molar-refractivity contribution >= 4 is 52.3 Å². The van der Waals surface area contributed by atoms with Crippen LogP contribution in [0.15, 0.2) is 73.3 Å². The second-order valence-corrected chi connectivity index (χ2v) is 19.8. The van der Waals surface area contributed by atoms with E-state index in [2.05, 4.69) is 54.2 Å². The predicted octanol–water partition coefficient (Wildman–Crippen LogP) is 8.82. The van der Waals surface area contributed by atoms with Crippen molar-refractivity contribution in [3.8, 4) is 5.40 Å². The minimum Gasteiger partial charge on any atom is -0.465 e. The van der Waals surface area contributed by atoms with Gasteiger partial charge in [-0.05, 0) is 128 Å². The molecule has 3 heterocycles. The Morgan fingerprint density at radius 3 is 1.90 bits per heavy atom. The monoisotopic (exact) mass is 968 g/mol. The number of hydrogen-bond acceptors (Lipinski definition) is 13. The van der Waals surface area contributed by atoms with Gasteiger partial charge in [-0.2, -0.15) is 5.26 Å². The van der Waals surface area contributed by atoms with Crippen molar-refractivity contribution in [2.24, 2.45) is 28.4 Å². The summed E-state index contributed by atoms with van der Waals surface area (Å²) < 4.78 is 16.0. The second-order valence-electron chi connectivity index (χ2n) is 18.4. The lowest BCUT2D eigenvalue weighted by molar-refractivity contribution is -0.153. The third-order valence-corrected chi connectivity index (χ3v) is 16.8. The molecule has 3 spiro atoms. The maximum Gasteiger partial charge on any atom is 0.328 e. The molecule has 3 N–H and O–H groups in total. The smallest absolute Gasteiger partial charge is 0.328 e. The summed E-state index contributed by atoms with van der Waals surface area (Å²) in [5.41, 5.74) is 8.38. The van der Waals surface area contributed by atoms with E-state index < -0.39 is 15.7 Å². The minimum absolute atomic E-state index is 0.0634. The van der Waals surface area contributed by atoms with Gasteiger partial charge < -0.3 is 25.3 Å². The number of nitrogens with two attached hydrogens (primary N) is 1. The van der Waals surface area contributed by atoms with Crippen LogP contribution in [-0.2, 0) is 60.0 Å². The van der Waals surface area contributed by atoms with Gasteiger partial charge in [-0.1, -0.05) is 63.1 Å². The van der Waals surface area contributed by atoms with Crippen LogP contribution in [0.4, 0.5) is 11.4 Å². The van der Waals surface area contributed by atoms with Crippen LogP contribution in [0.1, 0.15) is 106 Å². The zero-order chi connectivity index (χ0) is 49.4. The number of nitrogens with zero attached hydrogens (tertiary/aromatic N) is 8. The number of methoxy groups -OCH3 is 2. The maximum atomic E-state index is 14.3. The molecule has 8 atom stereocenters. The predicted molar refractivity (Wildman–Crippen MR) is 266 cm³/mol. The molecule has 2 saturated carbocycles. The molecule has 9 rings (SSSR count). The summed E-state index contributed by atoms with van der Waals surface area (Å²) in [7, 11) is 3.53. The minimum atomic E-state index is -1.10. The Balaban J connectivity index is 0.000000177. The van der Waals surface area contributed by atoms with Crippen molar-refractivity contribution in [3.63, 3.8) is 0 Å². The molecule has 4 aliphatic carbocycles. The largest absolute Gasteiger partial charge is 0.465 e. The van der Waals surface area contributed by atoms with E-state index in [-0.39, 0.29) is 42.7 Å². The van der Waals surface area contributed by atoms with Crippen LogP contribution < -0.4 is 11.1 Å². The molecule has 3 fully saturated rings. The van der Waals surface area contributed by atoms with Crippen LogP contribution in [0.5, 0.6) is 0 Å². The molecule has 0 bridgehead atoms. The molecule has 5 aliphatic rings. The highest BCUT2D eigenvalue weighted by atomic mass is 32.2. The molecule has 360 valence electrons. The number of fused-ring (bicyclic) bond motifs is 4. The first kappa shape index (κ1) is 51.0. The number of hydrogen-bond donors (Lipinski definition) is 2. The number of nitriles is 1. The van der Waals surface area contributed by atoms with E-state index in [9.17, 15) is 14.9 Å². The highest BCUT2D eigenvalue weighted by Crippen LogP contribution is 2.66. The van der Waals surface area contributed by atoms with Gasteiger partial charge in [0.25, 0.3) is 5.91 Å². The first-order valence-corrected chi connectivity index (χ1v) is 24.8. The fraction of sp³-hybridized carbons (Fsp3) is 0.500. The normalized spacial score (nSPS) is 28.2. The van der Waals surface area contributed by atoms with Crippen LogP contribution >= 0.6 is 24.0 Å². The topological polar surface area (TPSA) is 187 Å². The molecule has 2 aromatic carbocycles. The Labute approximate surface area is 415 Å². The summed E-state index contributed by atoms with van der Waals surface area (Å²) in [5.74, 6) is 1.49. The van der Waals surface area contributed by atoms with Crippen molar-refractivity contribution in [3.05, 3.63) is 130 Å². The van der Waals surface area contributed by atoms with Crippen molar-refractivity contribution in [1.82, 2.24) is 30.2 Å². The molecular weight excluding hydrogens is 909 g/mol. The Bertz CT molecular complexity index is 2640. The van der Waals surface area contributed by atoms with Gasteiger partial charge in [-0.15, -0.1) is 0 Å². The third-order valence-electron chi connectivity index (χ3n) is 15.2. The van der Waals surface area contributed by atoms with Gasteiger partial charge >= 0.3 is 5.97 Å². The zero-order valence-electron chi connectivity index (χ0n) is 39.9. The summed E-state index contributed by atoms with van der Waals surface area (Å²) in [4.78, 5) is 52.9. The van der Waals surface area contributed by atoms with Gasteiger partial charge in [0.05, 0.1) is 45.0 Å². The molecule has 17 heteroatoms. The lowest BCUT2D eigenvalue weighted by atomic mass is 9.58. The van der Waals surface area contributed by atoms with E-state index in [4.69, 9.17) is 45.3 Å². The van der Waals surface area contributed by atoms with Crippen molar-refractivity contribution < 1.29 is 23.8 Å². The molecular formula is C52H60N10O5S2. The lowest BCUT2D eigenvalue weighted by Gasteiger charge is -2.49. The highest BCUT2D eigenvalue weighted by molar-refractivity contribution is 8.05. The van der Waals surface area contributed by atoms with Gasteiger partial charge in [0, 0.05) is 49.8 Å². The molecule has 0 unspecified atom stereocenters. The van der Waals surface area contributed by atoms with Gasteiger partial charge in [0.2, 0.25) is 0 Å². The van der Waals surface area contributed by atoms with E-state index in [0.717, 1.165) is 98.2 Å². The van der Waals surface area contributed by atoms with Crippen LogP contribution in [0.3, 0.4) is 0 Å². The lowest BCUT2D eigenvalue weighted by Crippen LogP contribution is -2.58. The Kier molecular flexibility index (Phi) is 16.1. The fourth-order valence-electron chi connectivity index (χ4n) is 12.1. The SMILES string of the molecule is NCc1ncccn1.[C-]#[N+]c1ccc2c(c1)[C@@](SC#N)(C(=O)OCC)[C@@]1(CC[C@@H](OC)[C@H](CC)C1)C2.[C-]#[N+]c1ccc2c(c1)[C@]1(NC(=S)N(Cc3ncccn3)C1=O)[C@@]1(CC[C@@H](OC)[C@H](CC)C1)C2. The molecule has 69 heavy (non-hydrogen) atoms. The third kappa shape index (κ3) is 9.22. The van der Waals surface area contributed by atoms with E-state index in [1.165, 1.54) is 0 Å². The fourth-order valence-corrected chi connectivity index (χ4v) is 13.4. The number of aromatic nitrogens is 4. The number of thiocyanates is 1. The number of nitrogens with one attached hydrogen (secondary N) is 1. The van der Waals surface area contributed by atoms with E-state index >= 15 is 0 Å². The Hall–Kier alpha value is -5.87. The number of thioether (sulfide) groups is 1. The van der Waals surface area contributed by atoms with Crippen LogP contribution in [0.2, 0.25) is 0 Å². The molecule has 1 saturated heterocycles. The van der Waals surface area contributed by atoms with Gasteiger partial charge in [-0.25, -0.2) is 29.6 Å². The van der Waals surface area contributed by atoms with Crippen LogP contribution in [0.25, 0.3) is 9.69 Å². The van der Waals surface area contributed by atoms with Crippen LogP contribution in [0, 0.1) is 46.5 Å². The number of amides is 1. The number of thiocarbonyl (C=S) groups is 1. The van der Waals surface area contributed by atoms with Crippen LogP contribution in [-0.4, -0.2) is 74.9 Å². The van der Waals surface area contributed by atoms with Crippen molar-refractivity contribution in [1.29, 1.82) is 5.26 Å². The van der Waals surface area contributed by atoms with E-state index in [1.807, 2.05) is 24.3 Å². The number of benzene rings is 2. The summed E-state index contributed by atoms with van der Waals surface area (Å²) >= 11 is 6.74. The summed E-state index contributed by atoms with van der Waals surface area (Å²) in [6.45, 7) is 22.0. The summed E-state index contributed by atoms with van der Waals surface area (Å²) in [6, 6.07) is 14.8. The average molecular weight is 969 g/mol. The maximum absolute atomic E-state index is 14.3. The summed E-state index contributed by atoms with van der Waals surface area (Å²) in [6.07, 6.45) is 15.5. The highest BCUT2D eigenvalue weighted by Gasteiger charge is 2.68. The molecule has 15 nitrogen and oxygen atoms in total. The number of esters is 1. The first-order valence-electron chi connectivity index (χ1n) is 23.6. The first-order chi connectivity index (χ1) is 33.4. The Morgan fingerprint density at radius 2 is 1.39 bits per heavy atom. The van der Waals surface area contributed by atoms with Gasteiger partial charge in [0.15, 0.2) is 21.2 Å². The van der Waals surface area contributed by atoms with E-state index in [1.54, 1.807) is 75.1 Å².